The molecule has 3 rings (SSSR count). The van der Waals surface area contributed by atoms with Gasteiger partial charge in [0.05, 0.1) is 5.69 Å². The van der Waals surface area contributed by atoms with Gasteiger partial charge in [-0.1, -0.05) is 18.2 Å². The van der Waals surface area contributed by atoms with Gasteiger partial charge in [0.1, 0.15) is 5.75 Å². The summed E-state index contributed by atoms with van der Waals surface area (Å²) in [5, 5.41) is 0. The van der Waals surface area contributed by atoms with Gasteiger partial charge in [0, 0.05) is 20.0 Å². The van der Waals surface area contributed by atoms with Crippen LogP contribution < -0.4 is 4.74 Å². The minimum Gasteiger partial charge on any atom is -0.484 e. The third-order valence-corrected chi connectivity index (χ3v) is 3.07. The van der Waals surface area contributed by atoms with Gasteiger partial charge in [-0.3, -0.25) is 4.79 Å². The molecule has 19 heavy (non-hydrogen) atoms. The normalized spacial score (nSPS) is 14.4. The van der Waals surface area contributed by atoms with Gasteiger partial charge in [-0.15, -0.1) is 0 Å². The van der Waals surface area contributed by atoms with E-state index in [4.69, 9.17) is 9.15 Å². The van der Waals surface area contributed by atoms with Crippen LogP contribution in [0.4, 0.5) is 0 Å². The van der Waals surface area contributed by atoms with Crippen LogP contribution >= 0.6 is 0 Å². The van der Waals surface area contributed by atoms with Crippen LogP contribution in [-0.2, 0) is 13.0 Å². The highest BCUT2D eigenvalue weighted by Gasteiger charge is 2.27. The maximum Gasteiger partial charge on any atom is 0.291 e. The molecule has 1 amide bonds. The monoisotopic (exact) mass is 258 g/mol. The molecule has 1 aromatic heterocycles. The average Bonchev–Trinajstić information content (AvgIpc) is 2.86. The number of oxazole rings is 1. The van der Waals surface area contributed by atoms with Gasteiger partial charge in [0.25, 0.3) is 5.91 Å². The fraction of sp³-hybridized carbons (Fsp3) is 0.286. The van der Waals surface area contributed by atoms with Crippen LogP contribution in [0.15, 0.2) is 34.7 Å². The molecule has 0 bridgehead atoms. The Hall–Kier alpha value is -2.30. The Morgan fingerprint density at radius 2 is 2.16 bits per heavy atom. The summed E-state index contributed by atoms with van der Waals surface area (Å²) < 4.78 is 11.0. The second-order valence-electron chi connectivity index (χ2n) is 4.46. The molecule has 0 N–H and O–H groups in total. The number of aromatic nitrogens is 1. The molecule has 5 nitrogen and oxygen atoms in total. The SMILES string of the molecule is CN1CCc2nc(COc3ccccc3)oc2C1=O. The van der Waals surface area contributed by atoms with Crippen molar-refractivity contribution in [3.8, 4) is 5.75 Å². The van der Waals surface area contributed by atoms with Crippen molar-refractivity contribution in [2.24, 2.45) is 0 Å². The van der Waals surface area contributed by atoms with Gasteiger partial charge >= 0.3 is 0 Å². The van der Waals surface area contributed by atoms with E-state index in [0.29, 0.717) is 18.2 Å². The molecule has 0 spiro atoms. The summed E-state index contributed by atoms with van der Waals surface area (Å²) in [6.45, 7) is 0.908. The molecule has 5 heteroatoms. The molecule has 98 valence electrons. The van der Waals surface area contributed by atoms with Crippen molar-refractivity contribution < 1.29 is 13.9 Å². The van der Waals surface area contributed by atoms with E-state index in [-0.39, 0.29) is 12.5 Å². The van der Waals surface area contributed by atoms with E-state index in [1.54, 1.807) is 11.9 Å². The molecule has 0 saturated carbocycles. The standard InChI is InChI=1S/C14H14N2O3/c1-16-8-7-11-13(14(16)17)19-12(15-11)9-18-10-5-3-2-4-6-10/h2-6H,7-9H2,1H3. The number of rotatable bonds is 3. The van der Waals surface area contributed by atoms with Crippen LogP contribution in [0.2, 0.25) is 0 Å². The molecular formula is C14H14N2O3. The molecule has 0 aliphatic carbocycles. The van der Waals surface area contributed by atoms with Crippen LogP contribution in [-0.4, -0.2) is 29.4 Å². The third-order valence-electron chi connectivity index (χ3n) is 3.07. The highest BCUT2D eigenvalue weighted by Crippen LogP contribution is 2.20. The summed E-state index contributed by atoms with van der Waals surface area (Å²) >= 11 is 0. The van der Waals surface area contributed by atoms with Crippen LogP contribution in [0.5, 0.6) is 5.75 Å². The number of benzene rings is 1. The number of para-hydroxylation sites is 1. The van der Waals surface area contributed by atoms with Crippen molar-refractivity contribution in [3.63, 3.8) is 0 Å². The van der Waals surface area contributed by atoms with E-state index in [2.05, 4.69) is 4.98 Å². The lowest BCUT2D eigenvalue weighted by Crippen LogP contribution is -2.33. The Morgan fingerprint density at radius 1 is 1.37 bits per heavy atom. The minimum atomic E-state index is -0.111. The smallest absolute Gasteiger partial charge is 0.291 e. The second kappa shape index (κ2) is 4.76. The topological polar surface area (TPSA) is 55.6 Å². The maximum absolute atomic E-state index is 11.9. The Labute approximate surface area is 110 Å². The predicted molar refractivity (Wildman–Crippen MR) is 67.9 cm³/mol. The van der Waals surface area contributed by atoms with E-state index in [0.717, 1.165) is 17.9 Å². The summed E-state index contributed by atoms with van der Waals surface area (Å²) in [7, 11) is 1.76. The third kappa shape index (κ3) is 2.31. The van der Waals surface area contributed by atoms with Crippen molar-refractivity contribution in [2.75, 3.05) is 13.6 Å². The molecule has 1 aliphatic heterocycles. The van der Waals surface area contributed by atoms with Crippen molar-refractivity contribution >= 4 is 5.91 Å². The zero-order chi connectivity index (χ0) is 13.2. The number of likely N-dealkylation sites (N-methyl/N-ethyl adjacent to an activating group) is 1. The summed E-state index contributed by atoms with van der Waals surface area (Å²) in [6.07, 6.45) is 0.729. The molecule has 0 radical (unpaired) electrons. The Kier molecular flexibility index (Phi) is 2.95. The molecule has 2 aromatic rings. The average molecular weight is 258 g/mol. The lowest BCUT2D eigenvalue weighted by atomic mass is 10.2. The maximum atomic E-state index is 11.9. The number of hydrogen-bond donors (Lipinski definition) is 0. The van der Waals surface area contributed by atoms with Crippen molar-refractivity contribution in [1.29, 1.82) is 0 Å². The highest BCUT2D eigenvalue weighted by molar-refractivity contribution is 5.93. The molecule has 1 aliphatic rings. The Bertz CT molecular complexity index is 592. The summed E-state index contributed by atoms with van der Waals surface area (Å²) in [4.78, 5) is 17.8. The van der Waals surface area contributed by atoms with Gasteiger partial charge in [-0.2, -0.15) is 0 Å². The first kappa shape index (κ1) is 11.8. The van der Waals surface area contributed by atoms with E-state index < -0.39 is 0 Å². The van der Waals surface area contributed by atoms with Crippen LogP contribution in [0.3, 0.4) is 0 Å². The molecule has 2 heterocycles. The zero-order valence-electron chi connectivity index (χ0n) is 10.6. The first-order valence-corrected chi connectivity index (χ1v) is 6.16. The molecular weight excluding hydrogens is 244 g/mol. The fourth-order valence-electron chi connectivity index (χ4n) is 2.01. The largest absolute Gasteiger partial charge is 0.484 e. The van der Waals surface area contributed by atoms with Gasteiger partial charge in [-0.25, -0.2) is 4.98 Å². The fourth-order valence-corrected chi connectivity index (χ4v) is 2.01. The lowest BCUT2D eigenvalue weighted by molar-refractivity contribution is 0.0742. The van der Waals surface area contributed by atoms with Gasteiger partial charge in [-0.05, 0) is 12.1 Å². The highest BCUT2D eigenvalue weighted by atomic mass is 16.5. The second-order valence-corrected chi connectivity index (χ2v) is 4.46. The van der Waals surface area contributed by atoms with Crippen molar-refractivity contribution in [3.05, 3.63) is 47.7 Å². The number of fused-ring (bicyclic) bond motifs is 1. The van der Waals surface area contributed by atoms with Crippen LogP contribution in [0.1, 0.15) is 22.1 Å². The molecule has 1 aromatic carbocycles. The quantitative estimate of drug-likeness (QED) is 0.843. The van der Waals surface area contributed by atoms with Crippen molar-refractivity contribution in [1.82, 2.24) is 9.88 Å². The van der Waals surface area contributed by atoms with Gasteiger partial charge in [0.15, 0.2) is 6.61 Å². The van der Waals surface area contributed by atoms with E-state index in [1.165, 1.54) is 0 Å². The molecule has 0 unspecified atom stereocenters. The first-order chi connectivity index (χ1) is 9.24. The number of carbonyl (C=O) groups is 1. The van der Waals surface area contributed by atoms with Crippen molar-refractivity contribution in [2.45, 2.75) is 13.0 Å². The van der Waals surface area contributed by atoms with Gasteiger partial charge < -0.3 is 14.1 Å². The Balaban J connectivity index is 1.73. The number of amides is 1. The lowest BCUT2D eigenvalue weighted by Gasteiger charge is -2.19. The number of nitrogens with zero attached hydrogens (tertiary/aromatic N) is 2. The van der Waals surface area contributed by atoms with Crippen LogP contribution in [0.25, 0.3) is 0 Å². The summed E-state index contributed by atoms with van der Waals surface area (Å²) in [5.41, 5.74) is 0.731. The number of ether oxygens (including phenoxy) is 1. The van der Waals surface area contributed by atoms with E-state index >= 15 is 0 Å². The first-order valence-electron chi connectivity index (χ1n) is 6.16. The molecule has 0 fully saturated rings. The van der Waals surface area contributed by atoms with Crippen LogP contribution in [0, 0.1) is 0 Å². The molecule has 0 atom stereocenters. The Morgan fingerprint density at radius 3 is 2.95 bits per heavy atom. The van der Waals surface area contributed by atoms with E-state index in [1.807, 2.05) is 30.3 Å². The minimum absolute atomic E-state index is 0.111. The number of hydrogen-bond acceptors (Lipinski definition) is 4. The summed E-state index contributed by atoms with van der Waals surface area (Å²) in [6, 6.07) is 9.44. The zero-order valence-corrected chi connectivity index (χ0v) is 10.6. The number of carbonyl (C=O) groups excluding carboxylic acids is 1. The van der Waals surface area contributed by atoms with Gasteiger partial charge in [0.2, 0.25) is 11.7 Å². The summed E-state index contributed by atoms with van der Waals surface area (Å²) in [5.74, 6) is 1.43. The van der Waals surface area contributed by atoms with E-state index in [9.17, 15) is 4.79 Å². The predicted octanol–water partition coefficient (Wildman–Crippen LogP) is 1.88. The molecule has 0 saturated heterocycles.